The van der Waals surface area contributed by atoms with Gasteiger partial charge >= 0.3 is 6.18 Å². The first-order valence-corrected chi connectivity index (χ1v) is 10.2. The SMILES string of the molecule is COc1ccc(C(F)(F)F)cc1C(=O)/N=c1\cc(C(C)(C)C)ccn1C[C@H]1CCCO1. The maximum absolute atomic E-state index is 13.2. The molecule has 1 saturated heterocycles. The quantitative estimate of drug-likeness (QED) is 0.696. The molecule has 2 aromatic rings. The second-order valence-corrected chi connectivity index (χ2v) is 8.64. The minimum absolute atomic E-state index is 0.0117. The van der Waals surface area contributed by atoms with E-state index in [9.17, 15) is 18.0 Å². The average Bonchev–Trinajstić information content (AvgIpc) is 3.20. The van der Waals surface area contributed by atoms with E-state index in [1.807, 2.05) is 37.6 Å². The number of hydrogen-bond acceptors (Lipinski definition) is 3. The minimum Gasteiger partial charge on any atom is -0.496 e. The number of halogens is 3. The van der Waals surface area contributed by atoms with E-state index in [0.717, 1.165) is 36.6 Å². The van der Waals surface area contributed by atoms with Gasteiger partial charge < -0.3 is 14.0 Å². The fourth-order valence-corrected chi connectivity index (χ4v) is 3.46. The fourth-order valence-electron chi connectivity index (χ4n) is 3.46. The summed E-state index contributed by atoms with van der Waals surface area (Å²) in [5.74, 6) is -0.755. The third-order valence-corrected chi connectivity index (χ3v) is 5.28. The zero-order valence-electron chi connectivity index (χ0n) is 18.1. The highest BCUT2D eigenvalue weighted by molar-refractivity contribution is 5.97. The van der Waals surface area contributed by atoms with Crippen molar-refractivity contribution in [3.8, 4) is 5.75 Å². The van der Waals surface area contributed by atoms with Crippen LogP contribution in [0.2, 0.25) is 0 Å². The lowest BCUT2D eigenvalue weighted by Crippen LogP contribution is -2.29. The zero-order valence-corrected chi connectivity index (χ0v) is 18.1. The van der Waals surface area contributed by atoms with Crippen LogP contribution < -0.4 is 10.2 Å². The van der Waals surface area contributed by atoms with Crippen molar-refractivity contribution in [2.24, 2.45) is 4.99 Å². The first-order chi connectivity index (χ1) is 14.5. The maximum Gasteiger partial charge on any atom is 0.416 e. The van der Waals surface area contributed by atoms with Gasteiger partial charge in [0.1, 0.15) is 11.2 Å². The number of carbonyl (C=O) groups is 1. The number of hydrogen-bond donors (Lipinski definition) is 0. The van der Waals surface area contributed by atoms with Gasteiger partial charge in [-0.05, 0) is 54.2 Å². The van der Waals surface area contributed by atoms with Gasteiger partial charge in [-0.2, -0.15) is 18.2 Å². The minimum atomic E-state index is -4.58. The number of methoxy groups -OCH3 is 1. The van der Waals surface area contributed by atoms with Crippen molar-refractivity contribution in [2.45, 2.75) is 57.9 Å². The van der Waals surface area contributed by atoms with Crippen LogP contribution in [0, 0.1) is 0 Å². The van der Waals surface area contributed by atoms with Gasteiger partial charge in [-0.25, -0.2) is 0 Å². The number of nitrogens with zero attached hydrogens (tertiary/aromatic N) is 2. The van der Waals surface area contributed by atoms with Crippen LogP contribution in [0.15, 0.2) is 41.5 Å². The first-order valence-electron chi connectivity index (χ1n) is 10.2. The second kappa shape index (κ2) is 8.86. The van der Waals surface area contributed by atoms with Gasteiger partial charge in [-0.15, -0.1) is 0 Å². The molecule has 1 aromatic carbocycles. The largest absolute Gasteiger partial charge is 0.496 e. The number of ether oxygens (including phenoxy) is 2. The van der Waals surface area contributed by atoms with E-state index in [4.69, 9.17) is 9.47 Å². The second-order valence-electron chi connectivity index (χ2n) is 8.64. The van der Waals surface area contributed by atoms with Gasteiger partial charge in [-0.3, -0.25) is 4.79 Å². The van der Waals surface area contributed by atoms with Gasteiger partial charge in [0.05, 0.1) is 30.9 Å². The molecule has 5 nitrogen and oxygen atoms in total. The third-order valence-electron chi connectivity index (χ3n) is 5.28. The molecule has 0 spiro atoms. The van der Waals surface area contributed by atoms with E-state index in [1.165, 1.54) is 7.11 Å². The molecule has 1 aromatic heterocycles. The van der Waals surface area contributed by atoms with E-state index in [1.54, 1.807) is 6.07 Å². The highest BCUT2D eigenvalue weighted by atomic mass is 19.4. The van der Waals surface area contributed by atoms with Crippen molar-refractivity contribution in [3.05, 3.63) is 58.7 Å². The summed E-state index contributed by atoms with van der Waals surface area (Å²) in [5.41, 5.74) is -0.0276. The van der Waals surface area contributed by atoms with Crippen LogP contribution in [0.1, 0.15) is 55.1 Å². The van der Waals surface area contributed by atoms with E-state index in [-0.39, 0.29) is 22.8 Å². The van der Waals surface area contributed by atoms with Crippen LogP contribution >= 0.6 is 0 Å². The van der Waals surface area contributed by atoms with Crippen LogP contribution in [-0.4, -0.2) is 30.3 Å². The molecule has 31 heavy (non-hydrogen) atoms. The molecule has 1 atom stereocenters. The first kappa shape index (κ1) is 23.1. The van der Waals surface area contributed by atoms with Crippen LogP contribution in [0.4, 0.5) is 13.2 Å². The number of aromatic nitrogens is 1. The Morgan fingerprint density at radius 3 is 2.52 bits per heavy atom. The number of carbonyl (C=O) groups excluding carboxylic acids is 1. The molecule has 1 fully saturated rings. The lowest BCUT2D eigenvalue weighted by Gasteiger charge is -2.21. The predicted molar refractivity (Wildman–Crippen MR) is 110 cm³/mol. The standard InChI is InChI=1S/C23H27F3N2O3/c1-22(2,3)15-9-10-28(14-17-6-5-11-31-17)20(13-15)27-21(29)18-12-16(23(24,25)26)7-8-19(18)30-4/h7-10,12-13,17H,5-6,11,14H2,1-4H3/b27-20+/t17-/m1/s1. The Balaban J connectivity index is 2.09. The molecule has 0 unspecified atom stereocenters. The molecule has 0 bridgehead atoms. The van der Waals surface area contributed by atoms with E-state index < -0.39 is 17.6 Å². The predicted octanol–water partition coefficient (Wildman–Crippen LogP) is 4.73. The monoisotopic (exact) mass is 436 g/mol. The Hall–Kier alpha value is -2.61. The van der Waals surface area contributed by atoms with E-state index in [0.29, 0.717) is 18.6 Å². The Kier molecular flexibility index (Phi) is 6.59. The van der Waals surface area contributed by atoms with Crippen molar-refractivity contribution in [1.82, 2.24) is 4.57 Å². The van der Waals surface area contributed by atoms with E-state index in [2.05, 4.69) is 4.99 Å². The molecule has 0 saturated carbocycles. The van der Waals surface area contributed by atoms with E-state index >= 15 is 0 Å². The van der Waals surface area contributed by atoms with Crippen LogP contribution in [0.5, 0.6) is 5.75 Å². The Labute approximate surface area is 179 Å². The molecule has 1 aliphatic rings. The molecule has 0 radical (unpaired) electrons. The summed E-state index contributed by atoms with van der Waals surface area (Å²) < 4.78 is 52.1. The molecule has 3 rings (SSSR count). The summed E-state index contributed by atoms with van der Waals surface area (Å²) >= 11 is 0. The Morgan fingerprint density at radius 2 is 1.94 bits per heavy atom. The van der Waals surface area contributed by atoms with Crippen molar-refractivity contribution in [1.29, 1.82) is 0 Å². The summed E-state index contributed by atoms with van der Waals surface area (Å²) in [7, 11) is 1.30. The Morgan fingerprint density at radius 1 is 1.19 bits per heavy atom. The molecule has 1 aliphatic heterocycles. The lowest BCUT2D eigenvalue weighted by atomic mass is 9.88. The molecule has 168 valence electrons. The summed E-state index contributed by atoms with van der Waals surface area (Å²) in [6.45, 7) is 7.31. The van der Waals surface area contributed by atoms with Crippen LogP contribution in [-0.2, 0) is 22.9 Å². The van der Waals surface area contributed by atoms with Crippen LogP contribution in [0.3, 0.4) is 0 Å². The molecule has 8 heteroatoms. The summed E-state index contributed by atoms with van der Waals surface area (Å²) in [4.78, 5) is 17.2. The van der Waals surface area contributed by atoms with Crippen molar-refractivity contribution < 1.29 is 27.4 Å². The molecular formula is C23H27F3N2O3. The number of pyridine rings is 1. The summed E-state index contributed by atoms with van der Waals surface area (Å²) in [6, 6.07) is 6.56. The molecular weight excluding hydrogens is 409 g/mol. The highest BCUT2D eigenvalue weighted by Gasteiger charge is 2.32. The van der Waals surface area contributed by atoms with Crippen molar-refractivity contribution >= 4 is 5.91 Å². The number of alkyl halides is 3. The molecule has 2 heterocycles. The van der Waals surface area contributed by atoms with Crippen LogP contribution in [0.25, 0.3) is 0 Å². The van der Waals surface area contributed by atoms with Crippen molar-refractivity contribution in [3.63, 3.8) is 0 Å². The van der Waals surface area contributed by atoms with Crippen molar-refractivity contribution in [2.75, 3.05) is 13.7 Å². The van der Waals surface area contributed by atoms with Gasteiger partial charge in [0.15, 0.2) is 0 Å². The molecule has 0 aliphatic carbocycles. The summed E-state index contributed by atoms with van der Waals surface area (Å²) in [5, 5.41) is 0. The topological polar surface area (TPSA) is 52.8 Å². The van der Waals surface area contributed by atoms with Gasteiger partial charge in [0.25, 0.3) is 5.91 Å². The maximum atomic E-state index is 13.2. The smallest absolute Gasteiger partial charge is 0.416 e. The van der Waals surface area contributed by atoms with Gasteiger partial charge in [0.2, 0.25) is 0 Å². The highest BCUT2D eigenvalue weighted by Crippen LogP contribution is 2.32. The van der Waals surface area contributed by atoms with Gasteiger partial charge in [-0.1, -0.05) is 20.8 Å². The zero-order chi connectivity index (χ0) is 22.8. The van der Waals surface area contributed by atoms with Gasteiger partial charge in [0, 0.05) is 12.8 Å². The normalized spacial score (nSPS) is 17.8. The lowest BCUT2D eigenvalue weighted by molar-refractivity contribution is -0.137. The summed E-state index contributed by atoms with van der Waals surface area (Å²) in [6.07, 6.45) is -0.844. The molecule has 0 N–H and O–H groups in total. The fraction of sp³-hybridized carbons (Fsp3) is 0.478. The molecule has 1 amide bonds. The number of amides is 1. The number of benzene rings is 1. The third kappa shape index (κ3) is 5.55. The average molecular weight is 436 g/mol. The number of rotatable bonds is 4. The Bertz CT molecular complexity index is 1010.